The number of pyridine rings is 1. The third kappa shape index (κ3) is 4.98. The van der Waals surface area contributed by atoms with Gasteiger partial charge in [0.15, 0.2) is 11.5 Å². The van der Waals surface area contributed by atoms with E-state index in [0.29, 0.717) is 42.7 Å². The molecule has 0 spiro atoms. The van der Waals surface area contributed by atoms with Gasteiger partial charge >= 0.3 is 0 Å². The number of hydrogen-bond acceptors (Lipinski definition) is 6. The molecule has 1 aliphatic carbocycles. The Kier molecular flexibility index (Phi) is 6.39. The molecular weight excluding hydrogens is 410 g/mol. The lowest BCUT2D eigenvalue weighted by molar-refractivity contribution is -0.117. The number of carbonyl (C=O) groups is 2. The Balaban J connectivity index is 1.95. The maximum atomic E-state index is 12.0. The average Bonchev–Trinajstić information content (AvgIpc) is 3.09. The van der Waals surface area contributed by atoms with E-state index in [2.05, 4.69) is 21.9 Å². The highest BCUT2D eigenvalue weighted by atomic mass is 16.3. The number of aromatic nitrogens is 3. The van der Waals surface area contributed by atoms with E-state index >= 15 is 0 Å². The van der Waals surface area contributed by atoms with Gasteiger partial charge in [0.05, 0.1) is 11.8 Å². The number of amides is 2. The number of aliphatic hydroxyl groups excluding tert-OH is 1. The monoisotopic (exact) mass is 439 g/mol. The molecule has 0 fully saturated rings. The lowest BCUT2D eigenvalue weighted by Crippen LogP contribution is -2.38. The second-order valence-electron chi connectivity index (χ2n) is 9.20. The van der Waals surface area contributed by atoms with Gasteiger partial charge in [-0.15, -0.1) is 0 Å². The molecule has 0 saturated carbocycles. The maximum Gasteiger partial charge on any atom is 0.269 e. The molecule has 0 radical (unpaired) electrons. The molecule has 0 unspecified atom stereocenters. The van der Waals surface area contributed by atoms with Gasteiger partial charge in [-0.25, -0.2) is 9.67 Å². The molecule has 1 aliphatic rings. The largest absolute Gasteiger partial charge is 0.392 e. The molecule has 0 aliphatic heterocycles. The summed E-state index contributed by atoms with van der Waals surface area (Å²) in [5.74, 6) is 5.60. The summed E-state index contributed by atoms with van der Waals surface area (Å²) < 4.78 is 1.59. The number of rotatable bonds is 6. The van der Waals surface area contributed by atoms with Gasteiger partial charge < -0.3 is 20.8 Å². The molecule has 170 valence electrons. The molecule has 3 rings (SSSR count). The number of hydrogen-bond donors (Lipinski definition) is 3. The Labute approximate surface area is 187 Å². The van der Waals surface area contributed by atoms with Gasteiger partial charge in [0.1, 0.15) is 5.60 Å². The summed E-state index contributed by atoms with van der Waals surface area (Å²) in [5.41, 5.74) is 6.04. The van der Waals surface area contributed by atoms with Crippen molar-refractivity contribution in [3.63, 3.8) is 0 Å². The predicted octanol–water partition coefficient (Wildman–Crippen LogP) is 0.433. The smallest absolute Gasteiger partial charge is 0.269 e. The Bertz CT molecular complexity index is 1090. The van der Waals surface area contributed by atoms with Crippen molar-refractivity contribution in [2.45, 2.75) is 51.7 Å². The van der Waals surface area contributed by atoms with E-state index in [1.807, 2.05) is 13.8 Å². The van der Waals surface area contributed by atoms with Crippen LogP contribution < -0.4 is 5.73 Å². The summed E-state index contributed by atoms with van der Waals surface area (Å²) in [6, 6.07) is 3.43. The molecular formula is C23H29N5O4. The molecule has 2 atom stereocenters. The first-order valence-corrected chi connectivity index (χ1v) is 10.4. The summed E-state index contributed by atoms with van der Waals surface area (Å²) in [5, 5.41) is 25.4. The van der Waals surface area contributed by atoms with Crippen molar-refractivity contribution in [2.75, 3.05) is 13.6 Å². The van der Waals surface area contributed by atoms with Crippen LogP contribution in [0.15, 0.2) is 18.3 Å². The van der Waals surface area contributed by atoms with Gasteiger partial charge in [0.25, 0.3) is 5.91 Å². The molecule has 9 heteroatoms. The van der Waals surface area contributed by atoms with Gasteiger partial charge in [-0.05, 0) is 30.9 Å². The van der Waals surface area contributed by atoms with Crippen molar-refractivity contribution < 1.29 is 19.8 Å². The highest BCUT2D eigenvalue weighted by Crippen LogP contribution is 2.37. The van der Waals surface area contributed by atoms with Crippen LogP contribution in [-0.4, -0.2) is 67.5 Å². The van der Waals surface area contributed by atoms with Crippen molar-refractivity contribution in [1.29, 1.82) is 0 Å². The normalized spacial score (nSPS) is 18.6. The molecule has 32 heavy (non-hydrogen) atoms. The Hall–Kier alpha value is -3.22. The summed E-state index contributed by atoms with van der Waals surface area (Å²) in [6.45, 7) is 5.89. The van der Waals surface area contributed by atoms with Crippen LogP contribution in [0.4, 0.5) is 0 Å². The summed E-state index contributed by atoms with van der Waals surface area (Å²) in [6.07, 6.45) is 2.76. The summed E-state index contributed by atoms with van der Waals surface area (Å²) in [4.78, 5) is 28.5. The van der Waals surface area contributed by atoms with Crippen molar-refractivity contribution in [1.82, 2.24) is 19.7 Å². The molecule has 2 aromatic rings. The first-order chi connectivity index (χ1) is 14.9. The number of nitrogens with two attached hydrogens (primary N) is 1. The van der Waals surface area contributed by atoms with Crippen molar-refractivity contribution >= 4 is 12.3 Å². The van der Waals surface area contributed by atoms with Crippen molar-refractivity contribution in [2.24, 2.45) is 11.1 Å². The first-order valence-electron chi connectivity index (χ1n) is 10.4. The number of carbonyl (C=O) groups excluding carboxylic acids is 2. The number of fused-ring (bicyclic) bond motifs is 1. The summed E-state index contributed by atoms with van der Waals surface area (Å²) in [7, 11) is 1.64. The molecule has 4 N–H and O–H groups in total. The third-order valence-electron chi connectivity index (χ3n) is 5.82. The van der Waals surface area contributed by atoms with E-state index in [-0.39, 0.29) is 12.1 Å². The van der Waals surface area contributed by atoms with E-state index < -0.39 is 23.0 Å². The number of aliphatic hydroxyl groups is 2. The van der Waals surface area contributed by atoms with Gasteiger partial charge in [-0.3, -0.25) is 9.59 Å². The Morgan fingerprint density at radius 3 is 2.88 bits per heavy atom. The zero-order valence-electron chi connectivity index (χ0n) is 18.8. The highest BCUT2D eigenvalue weighted by molar-refractivity contribution is 5.92. The zero-order valence-corrected chi connectivity index (χ0v) is 18.8. The van der Waals surface area contributed by atoms with Crippen LogP contribution in [0.25, 0.3) is 5.82 Å². The van der Waals surface area contributed by atoms with Crippen LogP contribution in [-0.2, 0) is 17.6 Å². The fourth-order valence-corrected chi connectivity index (χ4v) is 3.62. The quantitative estimate of drug-likeness (QED) is 0.441. The van der Waals surface area contributed by atoms with E-state index in [4.69, 9.17) is 5.73 Å². The SMILES string of the molecule is CN(C=O)CC[C@@](C)(O)C#Cc1ccnc(-n2nc(C(N)=O)c3c2CC(C)(C)[C@H](O)C3)c1. The van der Waals surface area contributed by atoms with Crippen LogP contribution in [0.3, 0.4) is 0 Å². The van der Waals surface area contributed by atoms with Gasteiger partial charge in [-0.2, -0.15) is 5.10 Å². The van der Waals surface area contributed by atoms with Crippen molar-refractivity contribution in [3.05, 3.63) is 40.8 Å². The Morgan fingerprint density at radius 1 is 1.50 bits per heavy atom. The highest BCUT2D eigenvalue weighted by Gasteiger charge is 2.39. The number of primary amides is 1. The molecule has 0 bridgehead atoms. The molecule has 2 aromatic heterocycles. The second kappa shape index (κ2) is 8.73. The zero-order chi connectivity index (χ0) is 23.7. The standard InChI is InChI=1S/C23H29N5O4/c1-22(2)13-17-16(12-18(22)30)20(21(24)31)26-28(17)19-11-15(6-9-25-19)5-7-23(3,32)8-10-27(4)14-29/h6,9,11,14,18,30,32H,8,10,12-13H2,1-4H3,(H2,24,31)/t18-,23+/m1/s1. The first kappa shape index (κ1) is 23.4. The molecule has 2 heterocycles. The average molecular weight is 440 g/mol. The van der Waals surface area contributed by atoms with Crippen molar-refractivity contribution in [3.8, 4) is 17.7 Å². The fraction of sp³-hybridized carbons (Fsp3) is 0.478. The van der Waals surface area contributed by atoms with E-state index in [0.717, 1.165) is 5.69 Å². The van der Waals surface area contributed by atoms with E-state index in [1.54, 1.807) is 37.0 Å². The molecule has 9 nitrogen and oxygen atoms in total. The van der Waals surface area contributed by atoms with E-state index in [1.165, 1.54) is 4.90 Å². The fourth-order valence-electron chi connectivity index (χ4n) is 3.62. The Morgan fingerprint density at radius 2 is 2.22 bits per heavy atom. The number of nitrogens with zero attached hydrogens (tertiary/aromatic N) is 4. The lowest BCUT2D eigenvalue weighted by atomic mass is 9.74. The lowest BCUT2D eigenvalue weighted by Gasteiger charge is -2.35. The third-order valence-corrected chi connectivity index (χ3v) is 5.82. The molecule has 0 aromatic carbocycles. The predicted molar refractivity (Wildman–Crippen MR) is 118 cm³/mol. The molecule has 0 saturated heterocycles. The van der Waals surface area contributed by atoms with Crippen LogP contribution in [0.5, 0.6) is 0 Å². The van der Waals surface area contributed by atoms with Crippen LogP contribution in [0, 0.1) is 17.3 Å². The second-order valence-corrected chi connectivity index (χ2v) is 9.20. The van der Waals surface area contributed by atoms with Crippen LogP contribution in [0.2, 0.25) is 0 Å². The van der Waals surface area contributed by atoms with Gasteiger partial charge in [0, 0.05) is 43.8 Å². The molecule has 2 amide bonds. The van der Waals surface area contributed by atoms with Crippen LogP contribution in [0.1, 0.15) is 54.5 Å². The maximum absolute atomic E-state index is 12.0. The van der Waals surface area contributed by atoms with E-state index in [9.17, 15) is 19.8 Å². The van der Waals surface area contributed by atoms with Crippen LogP contribution >= 0.6 is 0 Å². The summed E-state index contributed by atoms with van der Waals surface area (Å²) >= 11 is 0. The van der Waals surface area contributed by atoms with Gasteiger partial charge in [-0.1, -0.05) is 25.7 Å². The minimum absolute atomic E-state index is 0.134. The van der Waals surface area contributed by atoms with Gasteiger partial charge in [0.2, 0.25) is 6.41 Å². The topological polar surface area (TPSA) is 135 Å². The minimum Gasteiger partial charge on any atom is -0.392 e. The minimum atomic E-state index is -1.27.